The first kappa shape index (κ1) is 14.6. The Morgan fingerprint density at radius 2 is 1.82 bits per heavy atom. The average Bonchev–Trinajstić information content (AvgIpc) is 2.18. The summed E-state index contributed by atoms with van der Waals surface area (Å²) in [5.41, 5.74) is 1.59. The molecule has 17 heavy (non-hydrogen) atoms. The highest BCUT2D eigenvalue weighted by Crippen LogP contribution is 2.35. The molecule has 1 aromatic rings. The van der Waals surface area contributed by atoms with Gasteiger partial charge in [-0.1, -0.05) is 48.7 Å². The number of benzene rings is 1. The van der Waals surface area contributed by atoms with Crippen LogP contribution in [0.1, 0.15) is 41.3 Å². The largest absolute Gasteiger partial charge is 0.508 e. The predicted octanol–water partition coefficient (Wildman–Crippen LogP) is 4.38. The van der Waals surface area contributed by atoms with E-state index in [2.05, 4.69) is 0 Å². The zero-order valence-electron chi connectivity index (χ0n) is 9.72. The molecule has 0 bridgehead atoms. The van der Waals surface area contributed by atoms with E-state index in [0.29, 0.717) is 16.7 Å². The molecule has 0 saturated heterocycles. The van der Waals surface area contributed by atoms with Gasteiger partial charge in [-0.25, -0.2) is 0 Å². The average molecular weight is 296 g/mol. The Bertz CT molecular complexity index is 448. The Morgan fingerprint density at radius 3 is 2.24 bits per heavy atom. The maximum Gasteiger partial charge on any atom is 0.253 e. The van der Waals surface area contributed by atoms with Crippen molar-refractivity contribution in [2.45, 2.75) is 30.5 Å². The molecule has 5 heteroatoms. The number of carbonyl (C=O) groups is 1. The number of halogens is 3. The normalized spacial score (nSPS) is 11.9. The number of hydrogen-bond acceptors (Lipinski definition) is 2. The lowest BCUT2D eigenvalue weighted by Crippen LogP contribution is -2.21. The van der Waals surface area contributed by atoms with Crippen molar-refractivity contribution in [2.24, 2.45) is 0 Å². The molecule has 0 amide bonds. The maximum absolute atomic E-state index is 12.0. The van der Waals surface area contributed by atoms with E-state index >= 15 is 0 Å². The molecule has 0 aromatic heterocycles. The zero-order valence-corrected chi connectivity index (χ0v) is 12.0. The molecule has 0 spiro atoms. The molecule has 1 rings (SSSR count). The van der Waals surface area contributed by atoms with E-state index in [1.165, 1.54) is 0 Å². The van der Waals surface area contributed by atoms with Crippen LogP contribution < -0.4 is 0 Å². The minimum Gasteiger partial charge on any atom is -0.508 e. The van der Waals surface area contributed by atoms with Gasteiger partial charge in [-0.2, -0.15) is 0 Å². The third kappa shape index (κ3) is 3.27. The van der Waals surface area contributed by atoms with Gasteiger partial charge in [0.2, 0.25) is 5.78 Å². The molecule has 0 aliphatic rings. The van der Waals surface area contributed by atoms with Crippen molar-refractivity contribution >= 4 is 40.6 Å². The third-order valence-corrected chi connectivity index (χ3v) is 3.01. The highest BCUT2D eigenvalue weighted by Gasteiger charge is 2.33. The van der Waals surface area contributed by atoms with E-state index in [0.717, 1.165) is 0 Å². The topological polar surface area (TPSA) is 37.3 Å². The van der Waals surface area contributed by atoms with Crippen LogP contribution >= 0.6 is 34.8 Å². The smallest absolute Gasteiger partial charge is 0.253 e. The molecule has 0 radical (unpaired) electrons. The lowest BCUT2D eigenvalue weighted by Gasteiger charge is -2.17. The fraction of sp³-hybridized carbons (Fsp3) is 0.417. The number of aryl methyl sites for hydroxylation is 1. The highest BCUT2D eigenvalue weighted by molar-refractivity contribution is 6.77. The van der Waals surface area contributed by atoms with Crippen LogP contribution in [-0.4, -0.2) is 14.7 Å². The standard InChI is InChI=1S/C12H13Cl3O2/c1-6(2)8-5-10(16)7(3)4-9(8)11(17)12(13,14)15/h4-6,16H,1-3H3. The van der Waals surface area contributed by atoms with Crippen LogP contribution in [0.25, 0.3) is 0 Å². The molecule has 0 aliphatic carbocycles. The SMILES string of the molecule is Cc1cc(C(=O)C(Cl)(Cl)Cl)c(C(C)C)cc1O. The fourth-order valence-corrected chi connectivity index (χ4v) is 1.85. The van der Waals surface area contributed by atoms with Crippen LogP contribution in [0.4, 0.5) is 0 Å². The molecule has 0 fully saturated rings. The maximum atomic E-state index is 12.0. The number of ketones is 1. The summed E-state index contributed by atoms with van der Waals surface area (Å²) in [5.74, 6) is -0.392. The van der Waals surface area contributed by atoms with Crippen molar-refractivity contribution in [1.29, 1.82) is 0 Å². The summed E-state index contributed by atoms with van der Waals surface area (Å²) in [6.45, 7) is 5.49. The molecule has 2 nitrogen and oxygen atoms in total. The summed E-state index contributed by atoms with van der Waals surface area (Å²) in [5, 5.41) is 9.65. The quantitative estimate of drug-likeness (QED) is 0.649. The van der Waals surface area contributed by atoms with Crippen LogP contribution in [0.5, 0.6) is 5.75 Å². The minimum atomic E-state index is -1.98. The van der Waals surface area contributed by atoms with Gasteiger partial charge in [0.15, 0.2) is 0 Å². The Hall–Kier alpha value is -0.440. The van der Waals surface area contributed by atoms with E-state index in [1.807, 2.05) is 13.8 Å². The number of hydrogen-bond donors (Lipinski definition) is 1. The van der Waals surface area contributed by atoms with Gasteiger partial charge in [0, 0.05) is 5.56 Å². The van der Waals surface area contributed by atoms with Gasteiger partial charge in [0.1, 0.15) is 5.75 Å². The summed E-state index contributed by atoms with van der Waals surface area (Å²) in [7, 11) is 0. The first-order valence-electron chi connectivity index (χ1n) is 5.09. The lowest BCUT2D eigenvalue weighted by molar-refractivity contribution is 0.0995. The monoisotopic (exact) mass is 294 g/mol. The first-order valence-corrected chi connectivity index (χ1v) is 6.23. The Balaban J connectivity index is 3.41. The molecule has 0 atom stereocenters. The number of rotatable bonds is 2. The van der Waals surface area contributed by atoms with Crippen LogP contribution in [0.2, 0.25) is 0 Å². The Kier molecular flexibility index (Phi) is 4.34. The number of phenolic OH excluding ortho intramolecular Hbond substituents is 1. The number of carbonyl (C=O) groups excluding carboxylic acids is 1. The molecule has 1 N–H and O–H groups in total. The van der Waals surface area contributed by atoms with E-state index in [9.17, 15) is 9.90 Å². The molecular formula is C12H13Cl3O2. The molecule has 1 aromatic carbocycles. The zero-order chi connectivity index (χ0) is 13.4. The number of phenols is 1. The second-order valence-corrected chi connectivity index (χ2v) is 6.49. The molecule has 0 aliphatic heterocycles. The lowest BCUT2D eigenvalue weighted by atomic mass is 9.93. The van der Waals surface area contributed by atoms with Gasteiger partial charge < -0.3 is 5.11 Å². The number of Topliss-reactive ketones (excluding diaryl/α,β-unsaturated/α-hetero) is 1. The van der Waals surface area contributed by atoms with E-state index in [4.69, 9.17) is 34.8 Å². The molecular weight excluding hydrogens is 282 g/mol. The summed E-state index contributed by atoms with van der Waals surface area (Å²) < 4.78 is -1.98. The van der Waals surface area contributed by atoms with Gasteiger partial charge in [-0.3, -0.25) is 4.79 Å². The fourth-order valence-electron chi connectivity index (χ4n) is 1.54. The van der Waals surface area contributed by atoms with Crippen molar-refractivity contribution in [3.05, 3.63) is 28.8 Å². The predicted molar refractivity (Wildman–Crippen MR) is 71.6 cm³/mol. The van der Waals surface area contributed by atoms with Gasteiger partial charge in [-0.15, -0.1) is 0 Å². The summed E-state index contributed by atoms with van der Waals surface area (Å²) in [6, 6.07) is 3.10. The molecule has 0 saturated carbocycles. The Morgan fingerprint density at radius 1 is 1.29 bits per heavy atom. The van der Waals surface area contributed by atoms with E-state index < -0.39 is 9.58 Å². The summed E-state index contributed by atoms with van der Waals surface area (Å²) >= 11 is 16.8. The van der Waals surface area contributed by atoms with Crippen molar-refractivity contribution in [2.75, 3.05) is 0 Å². The van der Waals surface area contributed by atoms with Crippen molar-refractivity contribution in [1.82, 2.24) is 0 Å². The molecule has 0 heterocycles. The van der Waals surface area contributed by atoms with Crippen LogP contribution in [0, 0.1) is 6.92 Å². The molecule has 94 valence electrons. The van der Waals surface area contributed by atoms with Gasteiger partial charge in [-0.05, 0) is 36.1 Å². The van der Waals surface area contributed by atoms with Gasteiger partial charge in [0.05, 0.1) is 0 Å². The van der Waals surface area contributed by atoms with E-state index in [1.54, 1.807) is 19.1 Å². The second kappa shape index (κ2) is 5.05. The van der Waals surface area contributed by atoms with Crippen molar-refractivity contribution in [3.63, 3.8) is 0 Å². The molecule has 0 unspecified atom stereocenters. The van der Waals surface area contributed by atoms with Crippen molar-refractivity contribution in [3.8, 4) is 5.75 Å². The second-order valence-electron chi connectivity index (χ2n) is 4.21. The first-order chi connectivity index (χ1) is 7.64. The third-order valence-electron chi connectivity index (χ3n) is 2.49. The van der Waals surface area contributed by atoms with Crippen LogP contribution in [0.15, 0.2) is 12.1 Å². The highest BCUT2D eigenvalue weighted by atomic mass is 35.6. The number of alkyl halides is 3. The van der Waals surface area contributed by atoms with Gasteiger partial charge in [0.25, 0.3) is 3.79 Å². The number of aromatic hydroxyl groups is 1. The summed E-state index contributed by atoms with van der Waals surface area (Å²) in [4.78, 5) is 12.0. The van der Waals surface area contributed by atoms with E-state index in [-0.39, 0.29) is 11.7 Å². The minimum absolute atomic E-state index is 0.0489. The Labute approximate surface area is 115 Å². The van der Waals surface area contributed by atoms with Gasteiger partial charge >= 0.3 is 0 Å². The van der Waals surface area contributed by atoms with Crippen LogP contribution in [-0.2, 0) is 0 Å². The van der Waals surface area contributed by atoms with Crippen molar-refractivity contribution < 1.29 is 9.90 Å². The summed E-state index contributed by atoms with van der Waals surface area (Å²) in [6.07, 6.45) is 0. The van der Waals surface area contributed by atoms with Crippen LogP contribution in [0.3, 0.4) is 0 Å².